The molecule has 1 rings (SSSR count). The van der Waals surface area contributed by atoms with E-state index in [0.29, 0.717) is 11.8 Å². The summed E-state index contributed by atoms with van der Waals surface area (Å²) < 4.78 is 5.57. The van der Waals surface area contributed by atoms with Gasteiger partial charge in [-0.3, -0.25) is 0 Å². The third kappa shape index (κ3) is 2.23. The number of hydrogen-bond acceptors (Lipinski definition) is 2. The minimum atomic E-state index is 0.256. The van der Waals surface area contributed by atoms with Crippen molar-refractivity contribution in [2.75, 3.05) is 19.8 Å². The van der Waals surface area contributed by atoms with Crippen molar-refractivity contribution in [3.8, 4) is 0 Å². The smallest absolute Gasteiger partial charge is 0.0537 e. The quantitative estimate of drug-likeness (QED) is 0.730. The van der Waals surface area contributed by atoms with E-state index in [4.69, 9.17) is 10.5 Å². The van der Waals surface area contributed by atoms with E-state index in [1.54, 1.807) is 0 Å². The highest BCUT2D eigenvalue weighted by atomic mass is 16.5. The first-order valence-corrected chi connectivity index (χ1v) is 5.40. The predicted octanol–water partition coefficient (Wildman–Crippen LogP) is 2.03. The maximum Gasteiger partial charge on any atom is 0.0537 e. The van der Waals surface area contributed by atoms with Gasteiger partial charge in [-0.15, -0.1) is 0 Å². The summed E-state index contributed by atoms with van der Waals surface area (Å²) in [5.74, 6) is 1.36. The van der Waals surface area contributed by atoms with Crippen LogP contribution in [0.2, 0.25) is 0 Å². The lowest BCUT2D eigenvalue weighted by atomic mass is 9.68. The molecule has 2 heteroatoms. The maximum absolute atomic E-state index is 5.90. The fourth-order valence-corrected chi connectivity index (χ4v) is 2.29. The zero-order chi connectivity index (χ0) is 9.90. The molecule has 0 spiro atoms. The van der Waals surface area contributed by atoms with Crippen molar-refractivity contribution in [1.82, 2.24) is 0 Å². The molecule has 2 atom stereocenters. The predicted molar refractivity (Wildman–Crippen MR) is 55.5 cm³/mol. The standard InChI is InChI=1S/C11H23NO/c1-9(2)10(3)11(7-12)5-4-6-13-8-11/h9-10H,4-8,12H2,1-3H3. The average Bonchev–Trinajstić information content (AvgIpc) is 2.17. The van der Waals surface area contributed by atoms with E-state index in [0.717, 1.165) is 19.8 Å². The second-order valence-corrected chi connectivity index (χ2v) is 4.76. The Morgan fingerprint density at radius 3 is 2.46 bits per heavy atom. The van der Waals surface area contributed by atoms with Gasteiger partial charge in [0, 0.05) is 18.6 Å². The molecule has 0 amide bonds. The third-order valence-corrected chi connectivity index (χ3v) is 3.73. The van der Waals surface area contributed by atoms with E-state index in [1.807, 2.05) is 0 Å². The summed E-state index contributed by atoms with van der Waals surface area (Å²) in [6.07, 6.45) is 2.41. The first-order valence-electron chi connectivity index (χ1n) is 5.40. The molecule has 0 radical (unpaired) electrons. The van der Waals surface area contributed by atoms with Gasteiger partial charge in [0.15, 0.2) is 0 Å². The van der Waals surface area contributed by atoms with Crippen molar-refractivity contribution >= 4 is 0 Å². The van der Waals surface area contributed by atoms with Crippen LogP contribution in [0.3, 0.4) is 0 Å². The Hall–Kier alpha value is -0.0800. The third-order valence-electron chi connectivity index (χ3n) is 3.73. The zero-order valence-electron chi connectivity index (χ0n) is 9.18. The zero-order valence-corrected chi connectivity index (χ0v) is 9.18. The molecule has 0 saturated carbocycles. The molecule has 0 aliphatic carbocycles. The van der Waals surface area contributed by atoms with E-state index >= 15 is 0 Å². The molecule has 2 N–H and O–H groups in total. The molecule has 0 aromatic rings. The number of ether oxygens (including phenoxy) is 1. The summed E-state index contributed by atoms with van der Waals surface area (Å²) in [4.78, 5) is 0. The average molecular weight is 185 g/mol. The van der Waals surface area contributed by atoms with Crippen molar-refractivity contribution in [3.05, 3.63) is 0 Å². The first-order chi connectivity index (χ1) is 6.12. The van der Waals surface area contributed by atoms with E-state index in [-0.39, 0.29) is 5.41 Å². The molecule has 1 heterocycles. The van der Waals surface area contributed by atoms with Crippen molar-refractivity contribution < 1.29 is 4.74 Å². The Labute approximate surface area is 81.8 Å². The second kappa shape index (κ2) is 4.43. The largest absolute Gasteiger partial charge is 0.381 e. The van der Waals surface area contributed by atoms with Crippen molar-refractivity contribution in [1.29, 1.82) is 0 Å². The first kappa shape index (κ1) is 11.0. The summed E-state index contributed by atoms with van der Waals surface area (Å²) in [6, 6.07) is 0. The number of hydrogen-bond donors (Lipinski definition) is 1. The second-order valence-electron chi connectivity index (χ2n) is 4.76. The molecule has 13 heavy (non-hydrogen) atoms. The van der Waals surface area contributed by atoms with E-state index < -0.39 is 0 Å². The van der Waals surface area contributed by atoms with Crippen LogP contribution in [0.5, 0.6) is 0 Å². The summed E-state index contributed by atoms with van der Waals surface area (Å²) in [5.41, 5.74) is 6.15. The Bertz CT molecular complexity index is 150. The van der Waals surface area contributed by atoms with Crippen LogP contribution >= 0.6 is 0 Å². The highest BCUT2D eigenvalue weighted by Gasteiger charge is 2.38. The highest BCUT2D eigenvalue weighted by molar-refractivity contribution is 4.88. The Balaban J connectivity index is 2.66. The normalized spacial score (nSPS) is 32.1. The Kier molecular flexibility index (Phi) is 3.74. The number of nitrogens with two attached hydrogens (primary N) is 1. The fourth-order valence-electron chi connectivity index (χ4n) is 2.29. The molecule has 1 aliphatic rings. The van der Waals surface area contributed by atoms with Gasteiger partial charge in [0.2, 0.25) is 0 Å². The molecular formula is C11H23NO. The molecule has 1 fully saturated rings. The molecule has 78 valence electrons. The van der Waals surface area contributed by atoms with E-state index in [1.165, 1.54) is 12.8 Å². The van der Waals surface area contributed by atoms with Crippen LogP contribution < -0.4 is 5.73 Å². The van der Waals surface area contributed by atoms with Crippen LogP contribution in [-0.2, 0) is 4.74 Å². The molecule has 1 saturated heterocycles. The lowest BCUT2D eigenvalue weighted by Gasteiger charge is -2.42. The van der Waals surface area contributed by atoms with Gasteiger partial charge in [-0.1, -0.05) is 20.8 Å². The number of rotatable bonds is 3. The van der Waals surface area contributed by atoms with Gasteiger partial charge in [-0.2, -0.15) is 0 Å². The molecule has 0 bridgehead atoms. The lowest BCUT2D eigenvalue weighted by molar-refractivity contribution is -0.0439. The van der Waals surface area contributed by atoms with Crippen LogP contribution in [-0.4, -0.2) is 19.8 Å². The van der Waals surface area contributed by atoms with E-state index in [9.17, 15) is 0 Å². The molecular weight excluding hydrogens is 162 g/mol. The molecule has 2 unspecified atom stereocenters. The summed E-state index contributed by atoms with van der Waals surface area (Å²) in [7, 11) is 0. The lowest BCUT2D eigenvalue weighted by Crippen LogP contribution is -2.45. The summed E-state index contributed by atoms with van der Waals surface area (Å²) >= 11 is 0. The van der Waals surface area contributed by atoms with Crippen LogP contribution in [0.25, 0.3) is 0 Å². The topological polar surface area (TPSA) is 35.2 Å². The van der Waals surface area contributed by atoms with Gasteiger partial charge >= 0.3 is 0 Å². The minimum Gasteiger partial charge on any atom is -0.381 e. The van der Waals surface area contributed by atoms with Gasteiger partial charge in [0.05, 0.1) is 6.61 Å². The van der Waals surface area contributed by atoms with Gasteiger partial charge in [-0.05, 0) is 24.7 Å². The van der Waals surface area contributed by atoms with Crippen LogP contribution in [0.1, 0.15) is 33.6 Å². The summed E-state index contributed by atoms with van der Waals surface area (Å²) in [6.45, 7) is 9.42. The van der Waals surface area contributed by atoms with Crippen molar-refractivity contribution in [2.45, 2.75) is 33.6 Å². The van der Waals surface area contributed by atoms with Crippen LogP contribution in [0.15, 0.2) is 0 Å². The molecule has 0 aromatic carbocycles. The molecule has 0 aromatic heterocycles. The Morgan fingerprint density at radius 1 is 1.38 bits per heavy atom. The van der Waals surface area contributed by atoms with Gasteiger partial charge in [0.25, 0.3) is 0 Å². The molecule has 2 nitrogen and oxygen atoms in total. The SMILES string of the molecule is CC(C)C(C)C1(CN)CCCOC1. The summed E-state index contributed by atoms with van der Waals surface area (Å²) in [5, 5.41) is 0. The fraction of sp³-hybridized carbons (Fsp3) is 1.00. The van der Waals surface area contributed by atoms with Gasteiger partial charge in [0.1, 0.15) is 0 Å². The molecule has 1 aliphatic heterocycles. The van der Waals surface area contributed by atoms with Gasteiger partial charge < -0.3 is 10.5 Å². The minimum absolute atomic E-state index is 0.256. The monoisotopic (exact) mass is 185 g/mol. The van der Waals surface area contributed by atoms with E-state index in [2.05, 4.69) is 20.8 Å². The van der Waals surface area contributed by atoms with Gasteiger partial charge in [-0.25, -0.2) is 0 Å². The Morgan fingerprint density at radius 2 is 2.08 bits per heavy atom. The maximum atomic E-state index is 5.90. The van der Waals surface area contributed by atoms with Crippen molar-refractivity contribution in [3.63, 3.8) is 0 Å². The van der Waals surface area contributed by atoms with Crippen LogP contribution in [0.4, 0.5) is 0 Å². The van der Waals surface area contributed by atoms with Crippen LogP contribution in [0, 0.1) is 17.3 Å². The van der Waals surface area contributed by atoms with Crippen molar-refractivity contribution in [2.24, 2.45) is 23.0 Å². The highest BCUT2D eigenvalue weighted by Crippen LogP contribution is 2.39.